The van der Waals surface area contributed by atoms with Gasteiger partial charge in [-0.25, -0.2) is 4.79 Å². The molecule has 1 aliphatic carbocycles. The molecular weight excluding hydrogens is 316 g/mol. The molecule has 0 bridgehead atoms. The lowest BCUT2D eigenvalue weighted by Crippen LogP contribution is -2.32. The van der Waals surface area contributed by atoms with E-state index in [0.717, 1.165) is 4.88 Å². The molecule has 0 aromatic carbocycles. The van der Waals surface area contributed by atoms with Gasteiger partial charge in [0.25, 0.3) is 5.56 Å². The number of rotatable bonds is 4. The maximum absolute atomic E-state index is 12.1. The molecule has 0 saturated carbocycles. The number of H-pyrrole nitrogens is 1. The van der Waals surface area contributed by atoms with E-state index in [-0.39, 0.29) is 23.5 Å². The third-order valence-electron chi connectivity index (χ3n) is 3.76. The van der Waals surface area contributed by atoms with Crippen LogP contribution in [0.3, 0.4) is 0 Å². The van der Waals surface area contributed by atoms with E-state index in [9.17, 15) is 14.4 Å². The summed E-state index contributed by atoms with van der Waals surface area (Å²) in [6, 6.07) is 3.55. The Kier molecular flexibility index (Phi) is 4.29. The van der Waals surface area contributed by atoms with E-state index in [1.165, 1.54) is 22.8 Å². The van der Waals surface area contributed by atoms with Crippen molar-refractivity contribution in [3.05, 3.63) is 56.7 Å². The van der Waals surface area contributed by atoms with Crippen molar-refractivity contribution in [2.75, 3.05) is 6.61 Å². The van der Waals surface area contributed by atoms with Crippen LogP contribution in [0.15, 0.2) is 45.5 Å². The molecule has 2 heterocycles. The summed E-state index contributed by atoms with van der Waals surface area (Å²) in [5.41, 5.74) is -0.332. The summed E-state index contributed by atoms with van der Waals surface area (Å²) in [6.45, 7) is 1.67. The van der Waals surface area contributed by atoms with Gasteiger partial charge in [0, 0.05) is 23.9 Å². The fraction of sp³-hybridized carbons (Fsp3) is 0.312. The third-order valence-corrected chi connectivity index (χ3v) is 4.67. The van der Waals surface area contributed by atoms with Gasteiger partial charge in [0.1, 0.15) is 0 Å². The minimum absolute atomic E-state index is 0.0768. The van der Waals surface area contributed by atoms with E-state index in [4.69, 9.17) is 4.74 Å². The van der Waals surface area contributed by atoms with Crippen LogP contribution in [0.1, 0.15) is 19.4 Å². The first-order chi connectivity index (χ1) is 11.0. The third kappa shape index (κ3) is 3.34. The van der Waals surface area contributed by atoms with Gasteiger partial charge in [0.2, 0.25) is 0 Å². The molecule has 0 saturated heterocycles. The van der Waals surface area contributed by atoms with E-state index in [0.29, 0.717) is 18.6 Å². The van der Waals surface area contributed by atoms with Crippen LogP contribution in [0.25, 0.3) is 10.4 Å². The molecule has 2 aromatic rings. The van der Waals surface area contributed by atoms with E-state index in [2.05, 4.69) is 4.98 Å². The predicted octanol–water partition coefficient (Wildman–Crippen LogP) is 1.95. The zero-order chi connectivity index (χ0) is 16.4. The van der Waals surface area contributed by atoms with E-state index in [1.807, 2.05) is 29.7 Å². The molecule has 1 N–H and O–H groups in total. The van der Waals surface area contributed by atoms with Crippen molar-refractivity contribution in [3.8, 4) is 10.4 Å². The maximum atomic E-state index is 12.1. The normalized spacial score (nSPS) is 19.9. The number of esters is 1. The molecule has 2 atom stereocenters. The fourth-order valence-electron chi connectivity index (χ4n) is 2.65. The van der Waals surface area contributed by atoms with Gasteiger partial charge >= 0.3 is 11.7 Å². The molecule has 0 unspecified atom stereocenters. The summed E-state index contributed by atoms with van der Waals surface area (Å²) in [4.78, 5) is 38.2. The number of aromatic nitrogens is 2. The smallest absolute Gasteiger partial charge is 0.328 e. The van der Waals surface area contributed by atoms with Crippen molar-refractivity contribution in [2.24, 2.45) is 5.92 Å². The second-order valence-electron chi connectivity index (χ2n) is 5.44. The van der Waals surface area contributed by atoms with Gasteiger partial charge in [-0.05, 0) is 17.9 Å². The van der Waals surface area contributed by atoms with Crippen molar-refractivity contribution in [2.45, 2.75) is 19.4 Å². The van der Waals surface area contributed by atoms with Gasteiger partial charge in [-0.15, -0.1) is 11.3 Å². The highest BCUT2D eigenvalue weighted by atomic mass is 32.1. The number of allylic oxidation sites excluding steroid dienone is 1. The van der Waals surface area contributed by atoms with Crippen LogP contribution < -0.4 is 11.2 Å². The average Bonchev–Trinajstić information content (AvgIpc) is 3.16. The maximum Gasteiger partial charge on any atom is 0.328 e. The van der Waals surface area contributed by atoms with Crippen molar-refractivity contribution < 1.29 is 9.53 Å². The monoisotopic (exact) mass is 332 g/mol. The van der Waals surface area contributed by atoms with Crippen LogP contribution >= 0.6 is 11.3 Å². The molecule has 0 radical (unpaired) electrons. The molecule has 2 aromatic heterocycles. The highest BCUT2D eigenvalue weighted by Crippen LogP contribution is 2.28. The van der Waals surface area contributed by atoms with Gasteiger partial charge in [-0.2, -0.15) is 0 Å². The van der Waals surface area contributed by atoms with Gasteiger partial charge < -0.3 is 4.74 Å². The Balaban J connectivity index is 1.85. The van der Waals surface area contributed by atoms with Crippen molar-refractivity contribution in [1.29, 1.82) is 0 Å². The van der Waals surface area contributed by atoms with Crippen LogP contribution in [0, 0.1) is 5.92 Å². The standard InChI is InChI=1S/C16H16N2O4S/c1-10(19)22-9-11-4-5-12(7-11)18-8-13(14-3-2-6-23-14)15(20)17-16(18)21/h2-6,8,11-12H,7,9H2,1H3,(H,17,20,21)/t11-,12+/m0/s1. The number of thiophene rings is 1. The number of ether oxygens (including phenoxy) is 1. The SMILES string of the molecule is CC(=O)OC[C@H]1C=C[C@@H](n2cc(-c3cccs3)c(=O)[nH]c2=O)C1. The number of carbonyl (C=O) groups excluding carboxylic acids is 1. The fourth-order valence-corrected chi connectivity index (χ4v) is 3.38. The number of carbonyl (C=O) groups is 1. The van der Waals surface area contributed by atoms with Crippen LogP contribution in [0.4, 0.5) is 0 Å². The molecule has 0 amide bonds. The van der Waals surface area contributed by atoms with Gasteiger partial charge in [-0.1, -0.05) is 18.2 Å². The van der Waals surface area contributed by atoms with Crippen LogP contribution in [-0.4, -0.2) is 22.1 Å². The second-order valence-corrected chi connectivity index (χ2v) is 6.38. The topological polar surface area (TPSA) is 81.2 Å². The Morgan fingerprint density at radius 1 is 1.43 bits per heavy atom. The first-order valence-electron chi connectivity index (χ1n) is 7.25. The summed E-state index contributed by atoms with van der Waals surface area (Å²) < 4.78 is 6.54. The average molecular weight is 332 g/mol. The summed E-state index contributed by atoms with van der Waals surface area (Å²) >= 11 is 1.45. The van der Waals surface area contributed by atoms with Gasteiger partial charge in [0.05, 0.1) is 18.2 Å². The van der Waals surface area contributed by atoms with E-state index in [1.54, 1.807) is 6.20 Å². The molecule has 0 spiro atoms. The quantitative estimate of drug-likeness (QED) is 0.685. The lowest BCUT2D eigenvalue weighted by molar-refractivity contribution is -0.141. The minimum Gasteiger partial charge on any atom is -0.465 e. The zero-order valence-corrected chi connectivity index (χ0v) is 13.3. The number of hydrogen-bond acceptors (Lipinski definition) is 5. The molecule has 1 aliphatic rings. The first-order valence-corrected chi connectivity index (χ1v) is 8.13. The van der Waals surface area contributed by atoms with Gasteiger partial charge in [0.15, 0.2) is 0 Å². The number of aromatic amines is 1. The lowest BCUT2D eigenvalue weighted by atomic mass is 10.1. The molecule has 7 heteroatoms. The minimum atomic E-state index is -0.432. The Labute approximate surface area is 136 Å². The zero-order valence-electron chi connectivity index (χ0n) is 12.5. The summed E-state index contributed by atoms with van der Waals surface area (Å²) in [5.74, 6) is -0.240. The number of hydrogen-bond donors (Lipinski definition) is 1. The highest BCUT2D eigenvalue weighted by molar-refractivity contribution is 7.13. The number of nitrogens with zero attached hydrogens (tertiary/aromatic N) is 1. The molecule has 23 heavy (non-hydrogen) atoms. The number of nitrogens with one attached hydrogen (secondary N) is 1. The molecule has 0 fully saturated rings. The Bertz CT molecular complexity index is 848. The molecule has 3 rings (SSSR count). The molecule has 120 valence electrons. The molecular formula is C16H16N2O4S. The van der Waals surface area contributed by atoms with E-state index >= 15 is 0 Å². The van der Waals surface area contributed by atoms with Crippen LogP contribution in [0.5, 0.6) is 0 Å². The highest BCUT2D eigenvalue weighted by Gasteiger charge is 2.23. The molecule has 6 nitrogen and oxygen atoms in total. The largest absolute Gasteiger partial charge is 0.465 e. The molecule has 0 aliphatic heterocycles. The summed E-state index contributed by atoms with van der Waals surface area (Å²) in [6.07, 6.45) is 6.11. The second kappa shape index (κ2) is 6.37. The van der Waals surface area contributed by atoms with Crippen molar-refractivity contribution in [3.63, 3.8) is 0 Å². The Hall–Kier alpha value is -2.41. The van der Waals surface area contributed by atoms with E-state index < -0.39 is 5.69 Å². The Morgan fingerprint density at radius 3 is 2.96 bits per heavy atom. The summed E-state index contributed by atoms with van der Waals surface area (Å²) in [7, 11) is 0. The first kappa shape index (κ1) is 15.5. The lowest BCUT2D eigenvalue weighted by Gasteiger charge is -2.15. The van der Waals surface area contributed by atoms with Crippen LogP contribution in [-0.2, 0) is 9.53 Å². The summed E-state index contributed by atoms with van der Waals surface area (Å²) in [5, 5.41) is 1.88. The Morgan fingerprint density at radius 2 is 2.26 bits per heavy atom. The van der Waals surface area contributed by atoms with Crippen LogP contribution in [0.2, 0.25) is 0 Å². The van der Waals surface area contributed by atoms with Gasteiger partial charge in [-0.3, -0.25) is 19.1 Å². The van der Waals surface area contributed by atoms with Crippen molar-refractivity contribution >= 4 is 17.3 Å². The predicted molar refractivity (Wildman–Crippen MR) is 87.6 cm³/mol. The van der Waals surface area contributed by atoms with Crippen molar-refractivity contribution in [1.82, 2.24) is 9.55 Å².